The Morgan fingerprint density at radius 2 is 1.77 bits per heavy atom. The summed E-state index contributed by atoms with van der Waals surface area (Å²) in [7, 11) is 0. The van der Waals surface area contributed by atoms with Gasteiger partial charge >= 0.3 is 0 Å². The summed E-state index contributed by atoms with van der Waals surface area (Å²) < 4.78 is 0. The lowest BCUT2D eigenvalue weighted by atomic mass is 10.1. The Labute approximate surface area is 183 Å². The number of amides is 1. The van der Waals surface area contributed by atoms with Crippen molar-refractivity contribution in [2.24, 2.45) is 4.99 Å². The fourth-order valence-corrected chi connectivity index (χ4v) is 3.27. The summed E-state index contributed by atoms with van der Waals surface area (Å²) in [4.78, 5) is 21.5. The van der Waals surface area contributed by atoms with Gasteiger partial charge in [-0.3, -0.25) is 25.6 Å². The first-order valence-corrected chi connectivity index (χ1v) is 9.86. The molecule has 0 spiro atoms. The quantitative estimate of drug-likeness (QED) is 0.296. The van der Waals surface area contributed by atoms with Crippen molar-refractivity contribution in [3.05, 3.63) is 100 Å². The van der Waals surface area contributed by atoms with Crippen molar-refractivity contribution in [1.29, 1.82) is 0 Å². The Bertz CT molecular complexity index is 1260. The number of hydrogen-bond acceptors (Lipinski definition) is 4. The van der Waals surface area contributed by atoms with Crippen molar-refractivity contribution in [1.82, 2.24) is 10.4 Å². The number of halogens is 2. The maximum absolute atomic E-state index is 12.8. The van der Waals surface area contributed by atoms with Crippen molar-refractivity contribution < 1.29 is 4.79 Å². The molecule has 0 bridgehead atoms. The van der Waals surface area contributed by atoms with Crippen LogP contribution in [-0.2, 0) is 0 Å². The molecule has 0 atom stereocenters. The van der Waals surface area contributed by atoms with Crippen LogP contribution in [0, 0.1) is 0 Å². The Hall–Kier alpha value is -3.41. The van der Waals surface area contributed by atoms with E-state index in [4.69, 9.17) is 23.2 Å². The van der Waals surface area contributed by atoms with Gasteiger partial charge in [0.15, 0.2) is 0 Å². The highest BCUT2D eigenvalue weighted by Gasteiger charge is 2.11. The minimum atomic E-state index is -0.319. The Morgan fingerprint density at radius 1 is 0.967 bits per heavy atom. The van der Waals surface area contributed by atoms with Crippen LogP contribution in [0.2, 0.25) is 10.0 Å². The van der Waals surface area contributed by atoms with Gasteiger partial charge < -0.3 is 0 Å². The lowest BCUT2D eigenvalue weighted by Crippen LogP contribution is -2.29. The van der Waals surface area contributed by atoms with Gasteiger partial charge in [-0.1, -0.05) is 53.5 Å². The number of para-hydroxylation sites is 1. The number of anilines is 1. The van der Waals surface area contributed by atoms with Crippen LogP contribution in [0.3, 0.4) is 0 Å². The highest BCUT2D eigenvalue weighted by molar-refractivity contribution is 6.33. The molecule has 0 aliphatic carbocycles. The van der Waals surface area contributed by atoms with Crippen molar-refractivity contribution in [3.63, 3.8) is 0 Å². The average Bonchev–Trinajstić information content (AvgIpc) is 2.77. The van der Waals surface area contributed by atoms with Gasteiger partial charge in [-0.25, -0.2) is 0 Å². The van der Waals surface area contributed by atoms with Gasteiger partial charge in [-0.05, 0) is 42.5 Å². The predicted molar refractivity (Wildman–Crippen MR) is 123 cm³/mol. The van der Waals surface area contributed by atoms with E-state index in [1.807, 2.05) is 30.3 Å². The number of carbonyl (C=O) groups is 1. The number of aromatic nitrogens is 1. The summed E-state index contributed by atoms with van der Waals surface area (Å²) >= 11 is 12.2. The molecule has 5 nitrogen and oxygen atoms in total. The van der Waals surface area contributed by atoms with Gasteiger partial charge in [0.25, 0.3) is 5.91 Å². The molecule has 1 heterocycles. The number of fused-ring (bicyclic) bond motifs is 1. The van der Waals surface area contributed by atoms with Gasteiger partial charge in [-0.2, -0.15) is 0 Å². The van der Waals surface area contributed by atoms with Gasteiger partial charge in [0.05, 0.1) is 22.5 Å². The Balaban J connectivity index is 1.54. The molecule has 1 amide bonds. The van der Waals surface area contributed by atoms with E-state index in [0.717, 1.165) is 16.5 Å². The zero-order chi connectivity index (χ0) is 20.9. The number of nitrogens with one attached hydrogen (secondary N) is 2. The monoisotopic (exact) mass is 434 g/mol. The van der Waals surface area contributed by atoms with E-state index in [2.05, 4.69) is 20.8 Å². The second kappa shape index (κ2) is 8.95. The normalized spacial score (nSPS) is 11.0. The molecule has 0 unspecified atom stereocenters. The summed E-state index contributed by atoms with van der Waals surface area (Å²) in [6, 6.07) is 21.6. The highest BCUT2D eigenvalue weighted by atomic mass is 35.5. The summed E-state index contributed by atoms with van der Waals surface area (Å²) in [6.45, 7) is 0. The third-order valence-corrected chi connectivity index (χ3v) is 4.99. The van der Waals surface area contributed by atoms with Crippen molar-refractivity contribution in [2.45, 2.75) is 0 Å². The molecule has 0 fully saturated rings. The van der Waals surface area contributed by atoms with E-state index < -0.39 is 0 Å². The SMILES string of the molecule is O=C(NNc1ccnc2cc(Cl)ccc12)c1ccccc1N=Cc1ccccc1Cl. The van der Waals surface area contributed by atoms with Crippen molar-refractivity contribution >= 4 is 57.6 Å². The number of carbonyl (C=O) groups excluding carboxylic acids is 1. The molecule has 148 valence electrons. The number of benzene rings is 3. The Kier molecular flexibility index (Phi) is 5.93. The molecular weight excluding hydrogens is 419 g/mol. The van der Waals surface area contributed by atoms with Gasteiger partial charge in [0.1, 0.15) is 0 Å². The summed E-state index contributed by atoms with van der Waals surface area (Å²) in [5, 5.41) is 2.03. The second-order valence-electron chi connectivity index (χ2n) is 6.40. The number of nitrogens with zero attached hydrogens (tertiary/aromatic N) is 2. The molecule has 0 aliphatic rings. The van der Waals surface area contributed by atoms with E-state index >= 15 is 0 Å². The average molecular weight is 435 g/mol. The van der Waals surface area contributed by atoms with E-state index in [1.165, 1.54) is 0 Å². The molecule has 1 aromatic heterocycles. The van der Waals surface area contributed by atoms with Gasteiger partial charge in [0, 0.05) is 33.4 Å². The molecule has 0 saturated heterocycles. The molecule has 0 aliphatic heterocycles. The third-order valence-electron chi connectivity index (χ3n) is 4.41. The number of hydrogen-bond donors (Lipinski definition) is 2. The van der Waals surface area contributed by atoms with E-state index in [-0.39, 0.29) is 5.91 Å². The van der Waals surface area contributed by atoms with Crippen LogP contribution >= 0.6 is 23.2 Å². The summed E-state index contributed by atoms with van der Waals surface area (Å²) in [6.07, 6.45) is 3.29. The van der Waals surface area contributed by atoms with Crippen LogP contribution in [0.1, 0.15) is 15.9 Å². The Morgan fingerprint density at radius 3 is 2.63 bits per heavy atom. The maximum Gasteiger partial charge on any atom is 0.271 e. The van der Waals surface area contributed by atoms with E-state index in [9.17, 15) is 4.79 Å². The fraction of sp³-hybridized carbons (Fsp3) is 0. The molecule has 3 aromatic carbocycles. The van der Waals surface area contributed by atoms with E-state index in [1.54, 1.807) is 54.9 Å². The largest absolute Gasteiger partial charge is 0.298 e. The molecule has 0 saturated carbocycles. The molecule has 4 rings (SSSR count). The fourth-order valence-electron chi connectivity index (χ4n) is 2.92. The smallest absolute Gasteiger partial charge is 0.271 e. The lowest BCUT2D eigenvalue weighted by Gasteiger charge is -2.12. The molecule has 0 radical (unpaired) electrons. The minimum Gasteiger partial charge on any atom is -0.298 e. The summed E-state index contributed by atoms with van der Waals surface area (Å²) in [5.41, 5.74) is 8.85. The van der Waals surface area contributed by atoms with Crippen LogP contribution in [0.5, 0.6) is 0 Å². The predicted octanol–water partition coefficient (Wildman–Crippen LogP) is 6.05. The van der Waals surface area contributed by atoms with Gasteiger partial charge in [0.2, 0.25) is 0 Å². The first-order valence-electron chi connectivity index (χ1n) is 9.10. The zero-order valence-corrected chi connectivity index (χ0v) is 17.2. The first-order chi connectivity index (χ1) is 14.6. The van der Waals surface area contributed by atoms with Crippen LogP contribution in [0.15, 0.2) is 84.0 Å². The number of aliphatic imine (C=N–C) groups is 1. The molecule has 7 heteroatoms. The van der Waals surface area contributed by atoms with Crippen molar-refractivity contribution in [2.75, 3.05) is 5.43 Å². The van der Waals surface area contributed by atoms with Crippen LogP contribution < -0.4 is 10.9 Å². The molecule has 2 N–H and O–H groups in total. The topological polar surface area (TPSA) is 66.4 Å². The van der Waals surface area contributed by atoms with Crippen LogP contribution in [0.4, 0.5) is 11.4 Å². The lowest BCUT2D eigenvalue weighted by molar-refractivity contribution is 0.0963. The second-order valence-corrected chi connectivity index (χ2v) is 7.24. The number of pyridine rings is 1. The minimum absolute atomic E-state index is 0.319. The number of rotatable bonds is 5. The molecule has 30 heavy (non-hydrogen) atoms. The molecular formula is C23H16Cl2N4O. The highest BCUT2D eigenvalue weighted by Crippen LogP contribution is 2.24. The van der Waals surface area contributed by atoms with Gasteiger partial charge in [-0.15, -0.1) is 0 Å². The molecule has 4 aromatic rings. The van der Waals surface area contributed by atoms with Crippen molar-refractivity contribution in [3.8, 4) is 0 Å². The maximum atomic E-state index is 12.8. The van der Waals surface area contributed by atoms with E-state index in [0.29, 0.717) is 27.0 Å². The number of hydrazine groups is 1. The summed E-state index contributed by atoms with van der Waals surface area (Å²) in [5.74, 6) is -0.319. The standard InChI is InChI=1S/C23H16Cl2N4O/c24-16-9-10-17-21(11-12-26-22(17)13-16)28-29-23(30)18-6-2-4-8-20(18)27-14-15-5-1-3-7-19(15)25/h1-14H,(H,26,28)(H,29,30). The first kappa shape index (κ1) is 19.9. The zero-order valence-electron chi connectivity index (χ0n) is 15.6. The third kappa shape index (κ3) is 4.43. The van der Waals surface area contributed by atoms with Crippen LogP contribution in [0.25, 0.3) is 10.9 Å². The van der Waals surface area contributed by atoms with Crippen LogP contribution in [-0.4, -0.2) is 17.1 Å².